The number of aryl methyl sites for hydroxylation is 1. The van der Waals surface area contributed by atoms with Gasteiger partial charge in [0.25, 0.3) is 5.91 Å². The summed E-state index contributed by atoms with van der Waals surface area (Å²) in [7, 11) is 1.76. The van der Waals surface area contributed by atoms with Crippen molar-refractivity contribution in [3.8, 4) is 17.1 Å². The normalized spacial score (nSPS) is 20.6. The molecule has 11 nitrogen and oxygen atoms in total. The molecule has 0 saturated carbocycles. The van der Waals surface area contributed by atoms with Crippen molar-refractivity contribution >= 4 is 23.5 Å². The molecular weight excluding hydrogens is 496 g/mol. The number of carbonyl (C=O) groups excluding carboxylic acids is 2. The molecule has 1 fully saturated rings. The number of hydrogen-bond acceptors (Lipinski definition) is 9. The first-order valence-electron chi connectivity index (χ1n) is 13.4. The number of ether oxygens (including phenoxy) is 1. The van der Waals surface area contributed by atoms with Crippen molar-refractivity contribution in [2.45, 2.75) is 51.1 Å². The summed E-state index contributed by atoms with van der Waals surface area (Å²) >= 11 is 0. The average Bonchev–Trinajstić information content (AvgIpc) is 3.42. The Balaban J connectivity index is 1.53. The van der Waals surface area contributed by atoms with Crippen LogP contribution in [0.15, 0.2) is 42.7 Å². The minimum atomic E-state index is -0.576. The standard InChI is InChI=1S/C28H34N8O3/c1-18-15-23-27(38)35(2)13-4-3-8-21(29)26(37)36-14-5-7-20(36)17-39-24-10-9-19(25(32-18)33-23)16-22(24)34-28-30-11-6-12-31-28/h6,9-12,15-16,20-21H,3-5,7-8,13-14,17,29H2,1-2H3,(H,30,31,34)/t20-,21-/m0/s1. The van der Waals surface area contributed by atoms with Crippen LogP contribution in [0.4, 0.5) is 11.6 Å². The van der Waals surface area contributed by atoms with Crippen LogP contribution in [0.3, 0.4) is 0 Å². The highest BCUT2D eigenvalue weighted by molar-refractivity contribution is 5.92. The molecule has 3 aliphatic rings. The molecular formula is C28H34N8O3. The quantitative estimate of drug-likeness (QED) is 0.512. The van der Waals surface area contributed by atoms with Crippen LogP contribution in [0.1, 0.15) is 48.3 Å². The minimum Gasteiger partial charge on any atom is -0.489 e. The maximum absolute atomic E-state index is 13.2. The third-order valence-corrected chi connectivity index (χ3v) is 7.14. The molecule has 2 aromatic heterocycles. The van der Waals surface area contributed by atoms with E-state index >= 15 is 0 Å². The molecule has 6 rings (SSSR count). The van der Waals surface area contributed by atoms with E-state index in [9.17, 15) is 9.59 Å². The number of carbonyl (C=O) groups is 2. The molecule has 5 heterocycles. The van der Waals surface area contributed by atoms with E-state index < -0.39 is 6.04 Å². The van der Waals surface area contributed by atoms with E-state index in [1.165, 1.54) is 0 Å². The third kappa shape index (κ3) is 6.14. The summed E-state index contributed by atoms with van der Waals surface area (Å²) in [5.74, 6) is 1.19. The fourth-order valence-corrected chi connectivity index (χ4v) is 5.02. The first kappa shape index (κ1) is 26.5. The molecule has 0 aliphatic carbocycles. The lowest BCUT2D eigenvalue weighted by Gasteiger charge is -2.28. The lowest BCUT2D eigenvalue weighted by molar-refractivity contribution is -0.134. The minimum absolute atomic E-state index is 0.0448. The van der Waals surface area contributed by atoms with Crippen molar-refractivity contribution in [3.63, 3.8) is 0 Å². The molecule has 2 amide bonds. The Morgan fingerprint density at radius 1 is 1.03 bits per heavy atom. The van der Waals surface area contributed by atoms with Crippen LogP contribution in [0.5, 0.6) is 5.75 Å². The number of hydrogen-bond donors (Lipinski definition) is 2. The summed E-state index contributed by atoms with van der Waals surface area (Å²) in [6.45, 7) is 3.40. The first-order chi connectivity index (χ1) is 18.9. The SMILES string of the molecule is Cc1cc2nc(n1)-c1ccc(c(Nc3ncccn3)c1)OC[C@@H]1CCCN1C(=O)[C@@H](N)CCCCN(C)C2=O. The van der Waals surface area contributed by atoms with E-state index in [1.54, 1.807) is 36.5 Å². The highest BCUT2D eigenvalue weighted by Gasteiger charge is 2.32. The van der Waals surface area contributed by atoms with Gasteiger partial charge in [-0.3, -0.25) is 9.59 Å². The topological polar surface area (TPSA) is 139 Å². The van der Waals surface area contributed by atoms with Gasteiger partial charge in [0.1, 0.15) is 18.1 Å². The van der Waals surface area contributed by atoms with Crippen molar-refractivity contribution in [2.75, 3.05) is 32.1 Å². The zero-order chi connectivity index (χ0) is 27.4. The summed E-state index contributed by atoms with van der Waals surface area (Å²) in [5.41, 5.74) is 8.66. The Morgan fingerprint density at radius 3 is 2.67 bits per heavy atom. The van der Waals surface area contributed by atoms with Crippen molar-refractivity contribution in [3.05, 3.63) is 54.1 Å². The Hall–Kier alpha value is -4.12. The molecule has 1 saturated heterocycles. The fourth-order valence-electron chi connectivity index (χ4n) is 5.02. The molecule has 11 heteroatoms. The van der Waals surface area contributed by atoms with Crippen molar-refractivity contribution in [1.29, 1.82) is 0 Å². The Bertz CT molecular complexity index is 1340. The van der Waals surface area contributed by atoms with Gasteiger partial charge >= 0.3 is 0 Å². The highest BCUT2D eigenvalue weighted by atomic mass is 16.5. The van der Waals surface area contributed by atoms with Crippen LogP contribution in [0, 0.1) is 6.92 Å². The number of benzene rings is 1. The molecule has 3 N–H and O–H groups in total. The zero-order valence-electron chi connectivity index (χ0n) is 22.3. The second kappa shape index (κ2) is 11.7. The summed E-state index contributed by atoms with van der Waals surface area (Å²) in [6, 6.07) is 8.36. The summed E-state index contributed by atoms with van der Waals surface area (Å²) in [4.78, 5) is 47.7. The predicted octanol–water partition coefficient (Wildman–Crippen LogP) is 2.94. The van der Waals surface area contributed by atoms with Crippen LogP contribution in [0.2, 0.25) is 0 Å². The van der Waals surface area contributed by atoms with Gasteiger partial charge in [0.05, 0.1) is 17.8 Å². The molecule has 39 heavy (non-hydrogen) atoms. The Kier molecular flexibility index (Phi) is 7.97. The van der Waals surface area contributed by atoms with Gasteiger partial charge in [0, 0.05) is 43.8 Å². The van der Waals surface area contributed by atoms with Gasteiger partial charge in [-0.25, -0.2) is 19.9 Å². The monoisotopic (exact) mass is 530 g/mol. The highest BCUT2D eigenvalue weighted by Crippen LogP contribution is 2.32. The molecule has 2 atom stereocenters. The van der Waals surface area contributed by atoms with Crippen molar-refractivity contribution < 1.29 is 14.3 Å². The molecule has 0 spiro atoms. The second-order valence-corrected chi connectivity index (χ2v) is 10.1. The molecule has 0 radical (unpaired) electrons. The number of aromatic nitrogens is 4. The molecule has 0 unspecified atom stereocenters. The van der Waals surface area contributed by atoms with Gasteiger partial charge in [-0.1, -0.05) is 0 Å². The van der Waals surface area contributed by atoms with Gasteiger partial charge in [0.15, 0.2) is 5.82 Å². The number of anilines is 2. The Morgan fingerprint density at radius 2 is 1.85 bits per heavy atom. The van der Waals surface area contributed by atoms with Crippen LogP contribution in [0.25, 0.3) is 11.4 Å². The molecule has 1 aromatic carbocycles. The van der Waals surface area contributed by atoms with Crippen LogP contribution < -0.4 is 15.8 Å². The van der Waals surface area contributed by atoms with Gasteiger partial charge < -0.3 is 25.6 Å². The van der Waals surface area contributed by atoms with Crippen molar-refractivity contribution in [2.24, 2.45) is 5.73 Å². The van der Waals surface area contributed by atoms with Gasteiger partial charge in [-0.05, 0) is 69.4 Å². The van der Waals surface area contributed by atoms with Crippen LogP contribution >= 0.6 is 0 Å². The van der Waals surface area contributed by atoms with Crippen molar-refractivity contribution in [1.82, 2.24) is 29.7 Å². The van der Waals surface area contributed by atoms with E-state index in [0.29, 0.717) is 66.3 Å². The van der Waals surface area contributed by atoms with Gasteiger partial charge in [-0.15, -0.1) is 0 Å². The summed E-state index contributed by atoms with van der Waals surface area (Å²) < 4.78 is 6.28. The number of rotatable bonds is 2. The summed E-state index contributed by atoms with van der Waals surface area (Å²) in [6.07, 6.45) is 7.11. The average molecular weight is 531 g/mol. The number of nitrogens with one attached hydrogen (secondary N) is 1. The number of nitrogens with zero attached hydrogens (tertiary/aromatic N) is 6. The van der Waals surface area contributed by atoms with Gasteiger partial charge in [0.2, 0.25) is 11.9 Å². The molecule has 4 bridgehead atoms. The van der Waals surface area contributed by atoms with E-state index in [-0.39, 0.29) is 17.9 Å². The predicted molar refractivity (Wildman–Crippen MR) is 147 cm³/mol. The van der Waals surface area contributed by atoms with E-state index in [0.717, 1.165) is 25.7 Å². The molecule has 204 valence electrons. The third-order valence-electron chi connectivity index (χ3n) is 7.14. The molecule has 3 aromatic rings. The fraction of sp³-hybridized carbons (Fsp3) is 0.429. The largest absolute Gasteiger partial charge is 0.489 e. The number of fused-ring (bicyclic) bond motifs is 10. The lowest BCUT2D eigenvalue weighted by Crippen LogP contribution is -2.47. The molecule has 3 aliphatic heterocycles. The summed E-state index contributed by atoms with van der Waals surface area (Å²) in [5, 5.41) is 3.23. The van der Waals surface area contributed by atoms with E-state index in [2.05, 4.69) is 25.3 Å². The van der Waals surface area contributed by atoms with Crippen LogP contribution in [-0.4, -0.2) is 80.4 Å². The smallest absolute Gasteiger partial charge is 0.272 e. The van der Waals surface area contributed by atoms with Gasteiger partial charge in [-0.2, -0.15) is 0 Å². The Labute approximate surface area is 227 Å². The maximum atomic E-state index is 13.2. The first-order valence-corrected chi connectivity index (χ1v) is 13.4. The van der Waals surface area contributed by atoms with E-state index in [1.807, 2.05) is 30.0 Å². The second-order valence-electron chi connectivity index (χ2n) is 10.1. The number of amides is 2. The maximum Gasteiger partial charge on any atom is 0.272 e. The van der Waals surface area contributed by atoms with E-state index in [4.69, 9.17) is 10.5 Å². The zero-order valence-corrected chi connectivity index (χ0v) is 22.3. The number of nitrogens with two attached hydrogens (primary N) is 1. The van der Waals surface area contributed by atoms with Crippen LogP contribution in [-0.2, 0) is 4.79 Å². The lowest BCUT2D eigenvalue weighted by atomic mass is 10.1.